The molecule has 0 unspecified atom stereocenters. The highest BCUT2D eigenvalue weighted by molar-refractivity contribution is 7.11. The van der Waals surface area contributed by atoms with Crippen LogP contribution < -0.4 is 0 Å². The van der Waals surface area contributed by atoms with Gasteiger partial charge in [0.1, 0.15) is 0 Å². The van der Waals surface area contributed by atoms with E-state index in [1.54, 1.807) is 0 Å². The third kappa shape index (κ3) is 2.06. The summed E-state index contributed by atoms with van der Waals surface area (Å²) in [7, 11) is 0. The van der Waals surface area contributed by atoms with Crippen molar-refractivity contribution in [1.82, 2.24) is 4.98 Å². The molecule has 0 aliphatic heterocycles. The Morgan fingerprint density at radius 3 is 2.71 bits per heavy atom. The first kappa shape index (κ1) is 9.09. The van der Waals surface area contributed by atoms with Gasteiger partial charge in [-0.3, -0.25) is 4.79 Å². The second kappa shape index (κ2) is 4.15. The SMILES string of the molecule is O=Cc1nc(Cc2ccccc2)cs1. The fourth-order valence-electron chi connectivity index (χ4n) is 1.26. The van der Waals surface area contributed by atoms with Crippen LogP contribution >= 0.6 is 11.3 Å². The van der Waals surface area contributed by atoms with Gasteiger partial charge in [0.25, 0.3) is 0 Å². The number of nitrogens with zero attached hydrogens (tertiary/aromatic N) is 1. The average Bonchev–Trinajstić information content (AvgIpc) is 2.67. The molecule has 0 atom stereocenters. The Balaban J connectivity index is 2.15. The van der Waals surface area contributed by atoms with Gasteiger partial charge in [0.2, 0.25) is 0 Å². The molecule has 0 aliphatic rings. The standard InChI is InChI=1S/C11H9NOS/c13-7-11-12-10(8-14-11)6-9-4-2-1-3-5-9/h1-5,7-8H,6H2. The normalized spacial score (nSPS) is 10.0. The molecule has 14 heavy (non-hydrogen) atoms. The molecule has 1 heterocycles. The summed E-state index contributed by atoms with van der Waals surface area (Å²) in [6, 6.07) is 10.1. The van der Waals surface area contributed by atoms with Crippen molar-refractivity contribution in [3.05, 3.63) is 52.0 Å². The summed E-state index contributed by atoms with van der Waals surface area (Å²) in [5.74, 6) is 0. The molecule has 0 N–H and O–H groups in total. The van der Waals surface area contributed by atoms with Crippen LogP contribution in [-0.2, 0) is 6.42 Å². The number of carbonyl (C=O) groups excluding carboxylic acids is 1. The van der Waals surface area contributed by atoms with Gasteiger partial charge in [-0.1, -0.05) is 30.3 Å². The number of hydrogen-bond acceptors (Lipinski definition) is 3. The molecule has 1 aromatic heterocycles. The minimum Gasteiger partial charge on any atom is -0.295 e. The van der Waals surface area contributed by atoms with Crippen LogP contribution in [0, 0.1) is 0 Å². The molecule has 0 radical (unpaired) electrons. The summed E-state index contributed by atoms with van der Waals surface area (Å²) in [4.78, 5) is 14.6. The van der Waals surface area contributed by atoms with E-state index in [9.17, 15) is 4.79 Å². The zero-order valence-corrected chi connectivity index (χ0v) is 8.33. The summed E-state index contributed by atoms with van der Waals surface area (Å²) in [6.45, 7) is 0. The Morgan fingerprint density at radius 2 is 2.07 bits per heavy atom. The lowest BCUT2D eigenvalue weighted by molar-refractivity contribution is 0.112. The molecule has 0 aliphatic carbocycles. The van der Waals surface area contributed by atoms with E-state index in [2.05, 4.69) is 17.1 Å². The molecule has 0 spiro atoms. The Labute approximate surface area is 86.2 Å². The number of hydrogen-bond donors (Lipinski definition) is 0. The van der Waals surface area contributed by atoms with Crippen LogP contribution in [0.15, 0.2) is 35.7 Å². The summed E-state index contributed by atoms with van der Waals surface area (Å²) in [5, 5.41) is 2.48. The van der Waals surface area contributed by atoms with Gasteiger partial charge in [-0.05, 0) is 5.56 Å². The minimum atomic E-state index is 0.552. The fourth-order valence-corrected chi connectivity index (χ4v) is 1.88. The maximum atomic E-state index is 10.4. The molecule has 2 nitrogen and oxygen atoms in total. The van der Waals surface area contributed by atoms with Gasteiger partial charge in [0, 0.05) is 11.8 Å². The van der Waals surface area contributed by atoms with E-state index in [1.165, 1.54) is 16.9 Å². The van der Waals surface area contributed by atoms with Crippen molar-refractivity contribution < 1.29 is 4.79 Å². The predicted octanol–water partition coefficient (Wildman–Crippen LogP) is 2.55. The molecule has 0 bridgehead atoms. The Kier molecular flexibility index (Phi) is 2.70. The molecule has 0 fully saturated rings. The maximum Gasteiger partial charge on any atom is 0.178 e. The first-order chi connectivity index (χ1) is 6.88. The van der Waals surface area contributed by atoms with E-state index in [0.29, 0.717) is 5.01 Å². The monoisotopic (exact) mass is 203 g/mol. The number of thiazole rings is 1. The van der Waals surface area contributed by atoms with Crippen molar-refractivity contribution in [3.63, 3.8) is 0 Å². The molecule has 2 aromatic rings. The van der Waals surface area contributed by atoms with Gasteiger partial charge in [0.05, 0.1) is 5.69 Å². The number of rotatable bonds is 3. The first-order valence-electron chi connectivity index (χ1n) is 4.32. The molecule has 0 amide bonds. The quantitative estimate of drug-likeness (QED) is 0.717. The van der Waals surface area contributed by atoms with Crippen molar-refractivity contribution in [2.75, 3.05) is 0 Å². The van der Waals surface area contributed by atoms with E-state index in [-0.39, 0.29) is 0 Å². The maximum absolute atomic E-state index is 10.4. The van der Waals surface area contributed by atoms with Gasteiger partial charge in [0.15, 0.2) is 11.3 Å². The number of aromatic nitrogens is 1. The summed E-state index contributed by atoms with van der Waals surface area (Å²) >= 11 is 1.39. The zero-order valence-electron chi connectivity index (χ0n) is 7.51. The molecule has 0 saturated carbocycles. The smallest absolute Gasteiger partial charge is 0.178 e. The van der Waals surface area contributed by atoms with Crippen LogP contribution in [0.1, 0.15) is 21.1 Å². The second-order valence-corrected chi connectivity index (χ2v) is 3.85. The molecule has 2 rings (SSSR count). The highest BCUT2D eigenvalue weighted by Crippen LogP contribution is 2.12. The van der Waals surface area contributed by atoms with E-state index >= 15 is 0 Å². The van der Waals surface area contributed by atoms with Gasteiger partial charge < -0.3 is 0 Å². The minimum absolute atomic E-state index is 0.552. The van der Waals surface area contributed by atoms with Crippen LogP contribution in [0.5, 0.6) is 0 Å². The van der Waals surface area contributed by atoms with Gasteiger partial charge >= 0.3 is 0 Å². The summed E-state index contributed by atoms with van der Waals surface area (Å²) in [5.41, 5.74) is 2.18. The lowest BCUT2D eigenvalue weighted by atomic mass is 10.1. The lowest BCUT2D eigenvalue weighted by Gasteiger charge is -1.95. The molecule has 0 saturated heterocycles. The van der Waals surface area contributed by atoms with Gasteiger partial charge in [-0.2, -0.15) is 0 Å². The predicted molar refractivity (Wildman–Crippen MR) is 56.7 cm³/mol. The summed E-state index contributed by atoms with van der Waals surface area (Å²) < 4.78 is 0. The third-order valence-electron chi connectivity index (χ3n) is 1.90. The highest BCUT2D eigenvalue weighted by atomic mass is 32.1. The van der Waals surface area contributed by atoms with Crippen LogP contribution in [-0.4, -0.2) is 11.3 Å². The molecule has 1 aromatic carbocycles. The highest BCUT2D eigenvalue weighted by Gasteiger charge is 2.01. The van der Waals surface area contributed by atoms with E-state index < -0.39 is 0 Å². The van der Waals surface area contributed by atoms with Crippen molar-refractivity contribution in [2.24, 2.45) is 0 Å². The largest absolute Gasteiger partial charge is 0.295 e. The van der Waals surface area contributed by atoms with Crippen LogP contribution in [0.25, 0.3) is 0 Å². The third-order valence-corrected chi connectivity index (χ3v) is 2.72. The van der Waals surface area contributed by atoms with Crippen molar-refractivity contribution in [1.29, 1.82) is 0 Å². The second-order valence-electron chi connectivity index (χ2n) is 2.96. The van der Waals surface area contributed by atoms with Crippen molar-refractivity contribution in [2.45, 2.75) is 6.42 Å². The first-order valence-corrected chi connectivity index (χ1v) is 5.20. The Bertz CT molecular complexity index is 422. The lowest BCUT2D eigenvalue weighted by Crippen LogP contribution is -1.88. The number of carbonyl (C=O) groups is 1. The van der Waals surface area contributed by atoms with Crippen LogP contribution in [0.4, 0.5) is 0 Å². The molecule has 70 valence electrons. The van der Waals surface area contributed by atoms with Crippen molar-refractivity contribution in [3.8, 4) is 0 Å². The Morgan fingerprint density at radius 1 is 1.29 bits per heavy atom. The summed E-state index contributed by atoms with van der Waals surface area (Å²) in [6.07, 6.45) is 1.59. The molecular weight excluding hydrogens is 194 g/mol. The zero-order chi connectivity index (χ0) is 9.80. The fraction of sp³-hybridized carbons (Fsp3) is 0.0909. The molecule has 3 heteroatoms. The Hall–Kier alpha value is -1.48. The number of aldehydes is 1. The number of benzene rings is 1. The van der Waals surface area contributed by atoms with Gasteiger partial charge in [-0.25, -0.2) is 4.98 Å². The van der Waals surface area contributed by atoms with Crippen LogP contribution in [0.2, 0.25) is 0 Å². The van der Waals surface area contributed by atoms with E-state index in [0.717, 1.165) is 18.4 Å². The van der Waals surface area contributed by atoms with Gasteiger partial charge in [-0.15, -0.1) is 11.3 Å². The van der Waals surface area contributed by atoms with E-state index in [1.807, 2.05) is 23.6 Å². The van der Waals surface area contributed by atoms with Crippen LogP contribution in [0.3, 0.4) is 0 Å². The van der Waals surface area contributed by atoms with E-state index in [4.69, 9.17) is 0 Å². The molecular formula is C11H9NOS. The van der Waals surface area contributed by atoms with Crippen molar-refractivity contribution >= 4 is 17.6 Å². The topological polar surface area (TPSA) is 30.0 Å². The average molecular weight is 203 g/mol.